The summed E-state index contributed by atoms with van der Waals surface area (Å²) >= 11 is 0. The van der Waals surface area contributed by atoms with E-state index in [1.807, 2.05) is 32.0 Å². The van der Waals surface area contributed by atoms with Gasteiger partial charge in [-0.05, 0) is 19.9 Å². The summed E-state index contributed by atoms with van der Waals surface area (Å²) in [6, 6.07) is 7.30. The SMILES string of the molecule is COCc1c(C(=O)OCC(=O)N2C[C@H](C)O[C@@H](C)C2)oc2ccccc12. The number of fused-ring (bicyclic) bond motifs is 1. The number of carbonyl (C=O) groups excluding carboxylic acids is 2. The Morgan fingerprint density at radius 2 is 1.88 bits per heavy atom. The normalized spacial score (nSPS) is 20.3. The molecule has 2 aromatic rings. The van der Waals surface area contributed by atoms with Crippen molar-refractivity contribution in [3.8, 4) is 0 Å². The molecule has 26 heavy (non-hydrogen) atoms. The molecule has 140 valence electrons. The van der Waals surface area contributed by atoms with Crippen LogP contribution < -0.4 is 0 Å². The Balaban J connectivity index is 1.69. The number of methoxy groups -OCH3 is 1. The number of furan rings is 1. The zero-order valence-corrected chi connectivity index (χ0v) is 15.2. The van der Waals surface area contributed by atoms with Crippen molar-refractivity contribution in [2.45, 2.75) is 32.7 Å². The van der Waals surface area contributed by atoms with Crippen LogP contribution in [0, 0.1) is 0 Å². The molecular weight excluding hydrogens is 338 g/mol. The van der Waals surface area contributed by atoms with Crippen molar-refractivity contribution in [1.82, 2.24) is 4.90 Å². The number of morpholine rings is 1. The van der Waals surface area contributed by atoms with Gasteiger partial charge in [0.15, 0.2) is 6.61 Å². The van der Waals surface area contributed by atoms with Crippen molar-refractivity contribution in [1.29, 1.82) is 0 Å². The molecule has 2 atom stereocenters. The van der Waals surface area contributed by atoms with Gasteiger partial charge in [0, 0.05) is 31.1 Å². The molecule has 2 heterocycles. The minimum atomic E-state index is -0.670. The number of hydrogen-bond acceptors (Lipinski definition) is 6. The molecular formula is C19H23NO6. The van der Waals surface area contributed by atoms with Gasteiger partial charge in [0.05, 0.1) is 18.8 Å². The fourth-order valence-electron chi connectivity index (χ4n) is 3.22. The standard InChI is InChI=1S/C19H23NO6/c1-12-8-20(9-13(2)25-12)17(21)11-24-19(22)18-15(10-23-3)14-6-4-5-7-16(14)26-18/h4-7,12-13H,8-11H2,1-3H3/t12-,13-/m0/s1. The van der Waals surface area contributed by atoms with Crippen molar-refractivity contribution in [3.05, 3.63) is 35.6 Å². The van der Waals surface area contributed by atoms with Crippen LogP contribution in [0.1, 0.15) is 30.0 Å². The molecule has 1 aromatic heterocycles. The number of benzene rings is 1. The van der Waals surface area contributed by atoms with E-state index in [9.17, 15) is 9.59 Å². The maximum absolute atomic E-state index is 12.5. The van der Waals surface area contributed by atoms with Crippen molar-refractivity contribution < 1.29 is 28.2 Å². The lowest BCUT2D eigenvalue weighted by Crippen LogP contribution is -2.49. The Morgan fingerprint density at radius 3 is 2.58 bits per heavy atom. The van der Waals surface area contributed by atoms with Gasteiger partial charge in [-0.25, -0.2) is 4.79 Å². The van der Waals surface area contributed by atoms with Crippen molar-refractivity contribution in [3.63, 3.8) is 0 Å². The summed E-state index contributed by atoms with van der Waals surface area (Å²) in [5, 5.41) is 0.795. The second-order valence-corrected chi connectivity index (χ2v) is 6.47. The zero-order chi connectivity index (χ0) is 18.7. The molecule has 1 aliphatic heterocycles. The number of amides is 1. The smallest absolute Gasteiger partial charge is 0.375 e. The van der Waals surface area contributed by atoms with Crippen LogP contribution in [0.4, 0.5) is 0 Å². The highest BCUT2D eigenvalue weighted by Crippen LogP contribution is 2.27. The molecule has 1 fully saturated rings. The molecule has 1 aliphatic rings. The first kappa shape index (κ1) is 18.4. The molecule has 1 aromatic carbocycles. The average Bonchev–Trinajstić information content (AvgIpc) is 2.98. The maximum Gasteiger partial charge on any atom is 0.375 e. The summed E-state index contributed by atoms with van der Waals surface area (Å²) < 4.78 is 21.6. The Hall–Kier alpha value is -2.38. The van der Waals surface area contributed by atoms with Crippen LogP contribution in [0.3, 0.4) is 0 Å². The number of nitrogens with zero attached hydrogens (tertiary/aromatic N) is 1. The topological polar surface area (TPSA) is 78.2 Å². The number of ether oxygens (including phenoxy) is 3. The Morgan fingerprint density at radius 1 is 1.19 bits per heavy atom. The van der Waals surface area contributed by atoms with E-state index < -0.39 is 5.97 Å². The first-order valence-corrected chi connectivity index (χ1v) is 8.59. The second kappa shape index (κ2) is 7.88. The van der Waals surface area contributed by atoms with Crippen LogP contribution in [-0.2, 0) is 25.6 Å². The van der Waals surface area contributed by atoms with E-state index >= 15 is 0 Å². The van der Waals surface area contributed by atoms with Gasteiger partial charge in [0.2, 0.25) is 5.76 Å². The molecule has 3 rings (SSSR count). The van der Waals surface area contributed by atoms with Crippen molar-refractivity contribution >= 4 is 22.8 Å². The monoisotopic (exact) mass is 361 g/mol. The third kappa shape index (κ3) is 3.89. The fraction of sp³-hybridized carbons (Fsp3) is 0.474. The summed E-state index contributed by atoms with van der Waals surface area (Å²) in [6.07, 6.45) is -0.0795. The number of para-hydroxylation sites is 1. The predicted molar refractivity (Wildman–Crippen MR) is 93.8 cm³/mol. The van der Waals surface area contributed by atoms with Gasteiger partial charge in [-0.3, -0.25) is 4.79 Å². The van der Waals surface area contributed by atoms with E-state index in [0.717, 1.165) is 5.39 Å². The Bertz CT molecular complexity index is 788. The van der Waals surface area contributed by atoms with Gasteiger partial charge in [-0.2, -0.15) is 0 Å². The van der Waals surface area contributed by atoms with Gasteiger partial charge in [-0.15, -0.1) is 0 Å². The lowest BCUT2D eigenvalue weighted by Gasteiger charge is -2.35. The summed E-state index contributed by atoms with van der Waals surface area (Å²) in [5.41, 5.74) is 1.20. The van der Waals surface area contributed by atoms with E-state index in [0.29, 0.717) is 24.2 Å². The minimum Gasteiger partial charge on any atom is -0.450 e. The van der Waals surface area contributed by atoms with Crippen LogP contribution in [0.15, 0.2) is 28.7 Å². The van der Waals surface area contributed by atoms with Crippen molar-refractivity contribution in [2.75, 3.05) is 26.8 Å². The molecule has 0 radical (unpaired) electrons. The number of rotatable bonds is 5. The lowest BCUT2D eigenvalue weighted by molar-refractivity contribution is -0.146. The largest absolute Gasteiger partial charge is 0.450 e. The van der Waals surface area contributed by atoms with E-state index in [1.54, 1.807) is 18.1 Å². The summed E-state index contributed by atoms with van der Waals surface area (Å²) in [5.74, 6) is -0.842. The Kier molecular flexibility index (Phi) is 5.58. The highest BCUT2D eigenvalue weighted by molar-refractivity contribution is 5.96. The molecule has 1 amide bonds. The maximum atomic E-state index is 12.5. The predicted octanol–water partition coefficient (Wildman–Crippen LogP) is 2.37. The highest BCUT2D eigenvalue weighted by Gasteiger charge is 2.28. The third-order valence-corrected chi connectivity index (χ3v) is 4.27. The van der Waals surface area contributed by atoms with Crippen LogP contribution >= 0.6 is 0 Å². The third-order valence-electron chi connectivity index (χ3n) is 4.27. The number of hydrogen-bond donors (Lipinski definition) is 0. The summed E-state index contributed by atoms with van der Waals surface area (Å²) in [4.78, 5) is 26.5. The molecule has 0 spiro atoms. The van der Waals surface area contributed by atoms with Gasteiger partial charge >= 0.3 is 5.97 Å². The minimum absolute atomic E-state index is 0.0397. The molecule has 0 saturated carbocycles. The Labute approximate surface area is 151 Å². The van der Waals surface area contributed by atoms with Crippen LogP contribution in [0.25, 0.3) is 11.0 Å². The number of carbonyl (C=O) groups is 2. The molecule has 1 saturated heterocycles. The van der Waals surface area contributed by atoms with Crippen LogP contribution in [0.5, 0.6) is 0 Å². The first-order valence-electron chi connectivity index (χ1n) is 8.59. The quantitative estimate of drug-likeness (QED) is 0.761. The van der Waals surface area contributed by atoms with E-state index in [4.69, 9.17) is 18.6 Å². The molecule has 0 N–H and O–H groups in total. The van der Waals surface area contributed by atoms with Gasteiger partial charge in [0.25, 0.3) is 5.91 Å². The molecule has 0 unspecified atom stereocenters. The lowest BCUT2D eigenvalue weighted by atomic mass is 10.1. The van der Waals surface area contributed by atoms with E-state index in [-0.39, 0.29) is 37.1 Å². The number of esters is 1. The molecule has 7 nitrogen and oxygen atoms in total. The fourth-order valence-corrected chi connectivity index (χ4v) is 3.22. The van der Waals surface area contributed by atoms with Gasteiger partial charge in [-0.1, -0.05) is 18.2 Å². The second-order valence-electron chi connectivity index (χ2n) is 6.47. The first-order chi connectivity index (χ1) is 12.5. The molecule has 0 aliphatic carbocycles. The summed E-state index contributed by atoms with van der Waals surface area (Å²) in [6.45, 7) is 4.68. The highest BCUT2D eigenvalue weighted by atomic mass is 16.5. The molecule has 0 bridgehead atoms. The van der Waals surface area contributed by atoms with Crippen molar-refractivity contribution in [2.24, 2.45) is 0 Å². The van der Waals surface area contributed by atoms with Gasteiger partial charge < -0.3 is 23.5 Å². The van der Waals surface area contributed by atoms with Gasteiger partial charge in [0.1, 0.15) is 5.58 Å². The summed E-state index contributed by atoms with van der Waals surface area (Å²) in [7, 11) is 1.54. The van der Waals surface area contributed by atoms with Crippen LogP contribution in [0.2, 0.25) is 0 Å². The van der Waals surface area contributed by atoms with E-state index in [1.165, 1.54) is 0 Å². The van der Waals surface area contributed by atoms with E-state index in [2.05, 4.69) is 0 Å². The molecule has 7 heteroatoms. The average molecular weight is 361 g/mol. The van der Waals surface area contributed by atoms with Crippen LogP contribution in [-0.4, -0.2) is 55.8 Å². The zero-order valence-electron chi connectivity index (χ0n) is 15.2.